The number of hydrogen-bond acceptors (Lipinski definition) is 2. The Morgan fingerprint density at radius 2 is 1.95 bits per heavy atom. The summed E-state index contributed by atoms with van der Waals surface area (Å²) in [7, 11) is 0. The van der Waals surface area contributed by atoms with Crippen molar-refractivity contribution in [2.75, 3.05) is 0 Å². The Labute approximate surface area is 127 Å². The van der Waals surface area contributed by atoms with Crippen LogP contribution in [-0.4, -0.2) is 5.11 Å². The third-order valence-electron chi connectivity index (χ3n) is 5.84. The lowest BCUT2D eigenvalue weighted by atomic mass is 9.43. The third-order valence-corrected chi connectivity index (χ3v) is 7.52. The molecule has 4 fully saturated rings. The standard InChI is InChI=1S/C16H21BrOS/c1-15-5-10-4-11(6-15)8-16(7-10,9-15)14(18)12-2-3-13(17)19-12/h2-3,10-11,14,18H,4-9H2,1H3. The van der Waals surface area contributed by atoms with Gasteiger partial charge in [0.25, 0.3) is 0 Å². The largest absolute Gasteiger partial charge is 0.387 e. The van der Waals surface area contributed by atoms with Gasteiger partial charge in [-0.25, -0.2) is 0 Å². The molecule has 3 atom stereocenters. The zero-order chi connectivity index (χ0) is 13.3. The van der Waals surface area contributed by atoms with Crippen molar-refractivity contribution in [1.82, 2.24) is 0 Å². The van der Waals surface area contributed by atoms with Gasteiger partial charge in [-0.05, 0) is 83.8 Å². The molecule has 1 aromatic heterocycles. The summed E-state index contributed by atoms with van der Waals surface area (Å²) in [5.74, 6) is 1.76. The number of hydrogen-bond donors (Lipinski definition) is 1. The lowest BCUT2D eigenvalue weighted by molar-refractivity contribution is -0.154. The number of thiophene rings is 1. The smallest absolute Gasteiger partial charge is 0.0938 e. The fourth-order valence-corrected chi connectivity index (χ4v) is 7.45. The second-order valence-corrected chi connectivity index (χ2v) is 10.2. The summed E-state index contributed by atoms with van der Waals surface area (Å²) < 4.78 is 1.14. The Morgan fingerprint density at radius 3 is 2.47 bits per heavy atom. The Morgan fingerprint density at radius 1 is 1.26 bits per heavy atom. The van der Waals surface area contributed by atoms with Crippen LogP contribution in [0.3, 0.4) is 0 Å². The molecule has 104 valence electrons. The third kappa shape index (κ3) is 1.96. The van der Waals surface area contributed by atoms with Crippen LogP contribution in [0.4, 0.5) is 0 Å². The van der Waals surface area contributed by atoms with Crippen LogP contribution in [0.2, 0.25) is 0 Å². The number of rotatable bonds is 2. The van der Waals surface area contributed by atoms with Crippen molar-refractivity contribution in [3.8, 4) is 0 Å². The second-order valence-electron chi connectivity index (χ2n) is 7.68. The summed E-state index contributed by atoms with van der Waals surface area (Å²) in [6.07, 6.45) is 7.76. The van der Waals surface area contributed by atoms with Crippen LogP contribution in [-0.2, 0) is 0 Å². The molecule has 0 saturated heterocycles. The maximum absolute atomic E-state index is 11.0. The van der Waals surface area contributed by atoms with E-state index in [0.29, 0.717) is 5.41 Å². The minimum atomic E-state index is -0.242. The highest BCUT2D eigenvalue weighted by Crippen LogP contribution is 2.68. The molecule has 4 aliphatic rings. The zero-order valence-electron chi connectivity index (χ0n) is 11.4. The summed E-state index contributed by atoms with van der Waals surface area (Å²) >= 11 is 5.24. The molecule has 1 heterocycles. The molecular weight excluding hydrogens is 320 g/mol. The van der Waals surface area contributed by atoms with E-state index in [2.05, 4.69) is 35.0 Å². The van der Waals surface area contributed by atoms with E-state index in [0.717, 1.165) is 20.5 Å². The highest BCUT2D eigenvalue weighted by atomic mass is 79.9. The summed E-state index contributed by atoms with van der Waals surface area (Å²) in [6.45, 7) is 2.47. The molecule has 1 aromatic rings. The maximum atomic E-state index is 11.0. The van der Waals surface area contributed by atoms with Crippen molar-refractivity contribution >= 4 is 27.3 Å². The normalized spacial score (nSPS) is 45.6. The molecule has 4 bridgehead atoms. The minimum absolute atomic E-state index is 0.184. The van der Waals surface area contributed by atoms with Crippen LogP contribution in [0.1, 0.15) is 56.4 Å². The van der Waals surface area contributed by atoms with Crippen molar-refractivity contribution in [2.24, 2.45) is 22.7 Å². The van der Waals surface area contributed by atoms with E-state index >= 15 is 0 Å². The fourth-order valence-electron chi connectivity index (χ4n) is 5.89. The molecule has 0 aliphatic heterocycles. The van der Waals surface area contributed by atoms with Crippen molar-refractivity contribution < 1.29 is 5.11 Å². The molecule has 0 aromatic carbocycles. The van der Waals surface area contributed by atoms with E-state index in [-0.39, 0.29) is 11.5 Å². The van der Waals surface area contributed by atoms with Crippen molar-refractivity contribution in [2.45, 2.75) is 51.6 Å². The van der Waals surface area contributed by atoms with E-state index in [1.165, 1.54) is 38.5 Å². The average molecular weight is 341 g/mol. The van der Waals surface area contributed by atoms with Crippen molar-refractivity contribution in [1.29, 1.82) is 0 Å². The van der Waals surface area contributed by atoms with Crippen molar-refractivity contribution in [3.63, 3.8) is 0 Å². The lowest BCUT2D eigenvalue weighted by Gasteiger charge is -2.62. The molecule has 3 unspecified atom stereocenters. The molecule has 19 heavy (non-hydrogen) atoms. The van der Waals surface area contributed by atoms with E-state index in [4.69, 9.17) is 0 Å². The van der Waals surface area contributed by atoms with Gasteiger partial charge in [0.1, 0.15) is 0 Å². The summed E-state index contributed by atoms with van der Waals surface area (Å²) in [5, 5.41) is 11.0. The van der Waals surface area contributed by atoms with Crippen LogP contribution < -0.4 is 0 Å². The van der Waals surface area contributed by atoms with Crippen LogP contribution in [0, 0.1) is 22.7 Å². The van der Waals surface area contributed by atoms with Gasteiger partial charge < -0.3 is 5.11 Å². The van der Waals surface area contributed by atoms with Crippen molar-refractivity contribution in [3.05, 3.63) is 20.8 Å². The van der Waals surface area contributed by atoms with Gasteiger partial charge in [-0.1, -0.05) is 6.92 Å². The Hall–Kier alpha value is 0.140. The summed E-state index contributed by atoms with van der Waals surface area (Å²) in [5.41, 5.74) is 0.697. The van der Waals surface area contributed by atoms with Crippen LogP contribution >= 0.6 is 27.3 Å². The molecule has 3 heteroatoms. The minimum Gasteiger partial charge on any atom is -0.387 e. The highest BCUT2D eigenvalue weighted by Gasteiger charge is 2.58. The van der Waals surface area contributed by atoms with Crippen LogP contribution in [0.5, 0.6) is 0 Å². The van der Waals surface area contributed by atoms with Gasteiger partial charge in [0.15, 0.2) is 0 Å². The first-order valence-electron chi connectivity index (χ1n) is 7.41. The highest BCUT2D eigenvalue weighted by molar-refractivity contribution is 9.11. The van der Waals surface area contributed by atoms with Gasteiger partial charge in [0.05, 0.1) is 9.89 Å². The van der Waals surface area contributed by atoms with E-state index in [1.807, 2.05) is 0 Å². The zero-order valence-corrected chi connectivity index (χ0v) is 13.8. The molecular formula is C16H21BrOS. The number of aliphatic hydroxyl groups is 1. The van der Waals surface area contributed by atoms with Gasteiger partial charge in [0, 0.05) is 10.3 Å². The maximum Gasteiger partial charge on any atom is 0.0938 e. The van der Waals surface area contributed by atoms with Gasteiger partial charge in [-0.15, -0.1) is 11.3 Å². The Bertz CT molecular complexity index is 495. The van der Waals surface area contributed by atoms with Gasteiger partial charge in [0.2, 0.25) is 0 Å². The van der Waals surface area contributed by atoms with Crippen LogP contribution in [0.15, 0.2) is 15.9 Å². The molecule has 5 rings (SSSR count). The Balaban J connectivity index is 1.70. The van der Waals surface area contributed by atoms with Gasteiger partial charge in [-0.3, -0.25) is 0 Å². The van der Waals surface area contributed by atoms with Gasteiger partial charge in [-0.2, -0.15) is 0 Å². The predicted octanol–water partition coefficient (Wildman–Crippen LogP) is 5.15. The lowest BCUT2D eigenvalue weighted by Crippen LogP contribution is -2.52. The molecule has 0 spiro atoms. The molecule has 1 N–H and O–H groups in total. The predicted molar refractivity (Wildman–Crippen MR) is 82.2 cm³/mol. The fraction of sp³-hybridized carbons (Fsp3) is 0.750. The molecule has 1 nitrogen and oxygen atoms in total. The summed E-state index contributed by atoms with van der Waals surface area (Å²) in [6, 6.07) is 4.19. The Kier molecular flexibility index (Phi) is 2.76. The monoisotopic (exact) mass is 340 g/mol. The van der Waals surface area contributed by atoms with Crippen LogP contribution in [0.25, 0.3) is 0 Å². The first-order valence-corrected chi connectivity index (χ1v) is 9.02. The summed E-state index contributed by atoms with van der Waals surface area (Å²) in [4.78, 5) is 1.16. The van der Waals surface area contributed by atoms with E-state index < -0.39 is 0 Å². The quantitative estimate of drug-likeness (QED) is 0.789. The van der Waals surface area contributed by atoms with Gasteiger partial charge >= 0.3 is 0 Å². The number of halogens is 1. The SMILES string of the molecule is CC12CC3CC(C1)CC(C(O)c1ccc(Br)s1)(C3)C2. The molecule has 4 saturated carbocycles. The first kappa shape index (κ1) is 12.8. The van der Waals surface area contributed by atoms with E-state index in [9.17, 15) is 5.11 Å². The topological polar surface area (TPSA) is 20.2 Å². The number of aliphatic hydroxyl groups excluding tert-OH is 1. The molecule has 0 radical (unpaired) electrons. The molecule has 4 aliphatic carbocycles. The van der Waals surface area contributed by atoms with E-state index in [1.54, 1.807) is 11.3 Å². The second kappa shape index (κ2) is 4.08. The first-order chi connectivity index (χ1) is 8.98. The molecule has 0 amide bonds. The average Bonchev–Trinajstić information content (AvgIpc) is 2.71.